The van der Waals surface area contributed by atoms with Crippen LogP contribution in [0.4, 0.5) is 10.5 Å². The molecule has 0 radical (unpaired) electrons. The Bertz CT molecular complexity index is 1030. The largest absolute Gasteiger partial charge is 0.371 e. The summed E-state index contributed by atoms with van der Waals surface area (Å²) in [5.74, 6) is 0.119. The van der Waals surface area contributed by atoms with Crippen LogP contribution in [-0.4, -0.2) is 52.2 Å². The van der Waals surface area contributed by atoms with Crippen LogP contribution in [0.15, 0.2) is 47.1 Å². The van der Waals surface area contributed by atoms with E-state index in [-0.39, 0.29) is 17.9 Å². The van der Waals surface area contributed by atoms with E-state index in [1.807, 2.05) is 24.4 Å². The zero-order valence-electron chi connectivity index (χ0n) is 15.9. The van der Waals surface area contributed by atoms with Crippen molar-refractivity contribution in [3.05, 3.63) is 47.1 Å². The number of anilines is 1. The second-order valence-corrected chi connectivity index (χ2v) is 8.90. The molecular formula is C21H22BrN5O2. The molecule has 3 heterocycles. The van der Waals surface area contributed by atoms with Gasteiger partial charge in [-0.2, -0.15) is 5.10 Å². The second kappa shape index (κ2) is 7.02. The highest BCUT2D eigenvalue weighted by atomic mass is 79.9. The first kappa shape index (κ1) is 18.4. The highest BCUT2D eigenvalue weighted by Crippen LogP contribution is 2.36. The van der Waals surface area contributed by atoms with Crippen molar-refractivity contribution < 1.29 is 9.59 Å². The predicted octanol–water partition coefficient (Wildman–Crippen LogP) is 3.35. The van der Waals surface area contributed by atoms with Gasteiger partial charge in [-0.25, -0.2) is 4.79 Å². The van der Waals surface area contributed by atoms with Crippen LogP contribution in [0.1, 0.15) is 19.3 Å². The first-order valence-electron chi connectivity index (χ1n) is 9.91. The molecule has 7 nitrogen and oxygen atoms in total. The number of hydrogen-bond acceptors (Lipinski definition) is 4. The maximum absolute atomic E-state index is 13.2. The average molecular weight is 456 g/mol. The van der Waals surface area contributed by atoms with Crippen LogP contribution < -0.4 is 10.2 Å². The van der Waals surface area contributed by atoms with Gasteiger partial charge < -0.3 is 10.2 Å². The number of carbonyl (C=O) groups excluding carboxylic acids is 2. The van der Waals surface area contributed by atoms with Gasteiger partial charge in [-0.15, -0.1) is 0 Å². The van der Waals surface area contributed by atoms with Crippen molar-refractivity contribution in [2.45, 2.75) is 24.8 Å². The standard InChI is InChI=1S/C21H22BrN5O2/c22-15-10-17-16(12-23-25-17)18(11-15)26-8-6-21(7-9-26)19(28)27(20(29)24-21)13-14-4-2-1-3-5-14/h1-4,10-12,14H,5-9,13H2,(H,23,25)(H,24,29). The fourth-order valence-corrected chi connectivity index (χ4v) is 5.02. The molecule has 2 aromatic rings. The molecule has 2 saturated heterocycles. The topological polar surface area (TPSA) is 81.3 Å². The number of amides is 3. The van der Waals surface area contributed by atoms with Crippen molar-refractivity contribution in [3.63, 3.8) is 0 Å². The number of piperidine rings is 1. The molecule has 0 saturated carbocycles. The lowest BCUT2D eigenvalue weighted by Gasteiger charge is -2.38. The Morgan fingerprint density at radius 2 is 2.03 bits per heavy atom. The number of H-pyrrole nitrogens is 1. The SMILES string of the molecule is O=C1NC2(CCN(c3cc(Br)cc4[nH]ncc34)CC2)C(=O)N1CC1C=CC=CC1. The lowest BCUT2D eigenvalue weighted by Crippen LogP contribution is -2.55. The van der Waals surface area contributed by atoms with Crippen molar-refractivity contribution >= 4 is 44.5 Å². The van der Waals surface area contributed by atoms with E-state index >= 15 is 0 Å². The van der Waals surface area contributed by atoms with Gasteiger partial charge in [0, 0.05) is 35.2 Å². The molecule has 1 aliphatic carbocycles. The summed E-state index contributed by atoms with van der Waals surface area (Å²) in [6, 6.07) is 3.83. The molecule has 1 aromatic carbocycles. The van der Waals surface area contributed by atoms with Gasteiger partial charge in [0.05, 0.1) is 11.7 Å². The quantitative estimate of drug-likeness (QED) is 0.695. The van der Waals surface area contributed by atoms with Crippen molar-refractivity contribution in [1.82, 2.24) is 20.4 Å². The monoisotopic (exact) mass is 455 g/mol. The highest BCUT2D eigenvalue weighted by Gasteiger charge is 2.52. The van der Waals surface area contributed by atoms with Crippen LogP contribution in [0.5, 0.6) is 0 Å². The van der Waals surface area contributed by atoms with Gasteiger partial charge in [0.25, 0.3) is 5.91 Å². The molecule has 3 amide bonds. The predicted molar refractivity (Wildman–Crippen MR) is 115 cm³/mol. The van der Waals surface area contributed by atoms with Crippen LogP contribution >= 0.6 is 15.9 Å². The van der Waals surface area contributed by atoms with Crippen LogP contribution in [0.2, 0.25) is 0 Å². The summed E-state index contributed by atoms with van der Waals surface area (Å²) in [4.78, 5) is 29.5. The third-order valence-electron chi connectivity index (χ3n) is 6.19. The molecule has 1 aromatic heterocycles. The average Bonchev–Trinajstić information content (AvgIpc) is 3.28. The third-order valence-corrected chi connectivity index (χ3v) is 6.65. The summed E-state index contributed by atoms with van der Waals surface area (Å²) >= 11 is 3.56. The van der Waals surface area contributed by atoms with Crippen molar-refractivity contribution in [3.8, 4) is 0 Å². The molecule has 3 aliphatic rings. The Morgan fingerprint density at radius 3 is 2.79 bits per heavy atom. The lowest BCUT2D eigenvalue weighted by atomic mass is 9.87. The Labute approximate surface area is 176 Å². The number of aromatic amines is 1. The minimum absolute atomic E-state index is 0.0761. The summed E-state index contributed by atoms with van der Waals surface area (Å²) < 4.78 is 0.982. The number of allylic oxidation sites excluding steroid dienone is 3. The molecule has 8 heteroatoms. The zero-order chi connectivity index (χ0) is 20.0. The molecule has 1 atom stereocenters. The number of nitrogens with one attached hydrogen (secondary N) is 2. The minimum atomic E-state index is -0.774. The summed E-state index contributed by atoms with van der Waals surface area (Å²) in [5.41, 5.74) is 1.29. The molecule has 0 bridgehead atoms. The Kier molecular flexibility index (Phi) is 4.46. The van der Waals surface area contributed by atoms with Crippen LogP contribution in [0.25, 0.3) is 10.9 Å². The van der Waals surface area contributed by atoms with Gasteiger partial charge in [-0.05, 0) is 37.3 Å². The molecule has 2 N–H and O–H groups in total. The van der Waals surface area contributed by atoms with Gasteiger partial charge in [-0.1, -0.05) is 40.2 Å². The first-order valence-corrected chi connectivity index (χ1v) is 10.7. The smallest absolute Gasteiger partial charge is 0.325 e. The van der Waals surface area contributed by atoms with Crippen molar-refractivity contribution in [2.24, 2.45) is 5.92 Å². The zero-order valence-corrected chi connectivity index (χ0v) is 17.5. The lowest BCUT2D eigenvalue weighted by molar-refractivity contribution is -0.132. The maximum Gasteiger partial charge on any atom is 0.325 e. The second-order valence-electron chi connectivity index (χ2n) is 7.98. The first-order chi connectivity index (χ1) is 14.1. The summed E-state index contributed by atoms with van der Waals surface area (Å²) in [7, 11) is 0. The minimum Gasteiger partial charge on any atom is -0.371 e. The van der Waals surface area contributed by atoms with Gasteiger partial charge in [0.15, 0.2) is 0 Å². The number of carbonyl (C=O) groups is 2. The number of urea groups is 1. The van der Waals surface area contributed by atoms with E-state index in [1.54, 1.807) is 0 Å². The highest BCUT2D eigenvalue weighted by molar-refractivity contribution is 9.10. The number of rotatable bonds is 3. The van der Waals surface area contributed by atoms with E-state index in [9.17, 15) is 9.59 Å². The van der Waals surface area contributed by atoms with E-state index in [1.165, 1.54) is 4.90 Å². The number of hydrogen-bond donors (Lipinski definition) is 2. The molecule has 1 spiro atoms. The van der Waals surface area contributed by atoms with E-state index in [0.717, 1.165) is 27.5 Å². The van der Waals surface area contributed by atoms with Crippen molar-refractivity contribution in [1.29, 1.82) is 0 Å². The fourth-order valence-electron chi connectivity index (χ4n) is 4.57. The molecule has 1 unspecified atom stereocenters. The number of nitrogens with zero attached hydrogens (tertiary/aromatic N) is 3. The van der Waals surface area contributed by atoms with Crippen molar-refractivity contribution in [2.75, 3.05) is 24.5 Å². The molecule has 150 valence electrons. The van der Waals surface area contributed by atoms with Gasteiger partial charge in [0.2, 0.25) is 0 Å². The van der Waals surface area contributed by atoms with Gasteiger partial charge >= 0.3 is 6.03 Å². The molecule has 5 rings (SSSR count). The van der Waals surface area contributed by atoms with Crippen LogP contribution in [0, 0.1) is 5.92 Å². The van der Waals surface area contributed by atoms with Gasteiger partial charge in [-0.3, -0.25) is 14.8 Å². The Balaban J connectivity index is 1.32. The molecular weight excluding hydrogens is 434 g/mol. The van der Waals surface area contributed by atoms with Crippen LogP contribution in [-0.2, 0) is 4.79 Å². The van der Waals surface area contributed by atoms with E-state index in [0.29, 0.717) is 32.5 Å². The Morgan fingerprint density at radius 1 is 1.21 bits per heavy atom. The van der Waals surface area contributed by atoms with Crippen LogP contribution in [0.3, 0.4) is 0 Å². The number of aromatic nitrogens is 2. The van der Waals surface area contributed by atoms with E-state index < -0.39 is 5.54 Å². The third kappa shape index (κ3) is 3.15. The molecule has 2 aliphatic heterocycles. The van der Waals surface area contributed by atoms with E-state index in [4.69, 9.17) is 0 Å². The number of benzene rings is 1. The normalized spacial score (nSPS) is 23.4. The number of halogens is 1. The number of imide groups is 1. The number of fused-ring (bicyclic) bond motifs is 1. The molecule has 29 heavy (non-hydrogen) atoms. The van der Waals surface area contributed by atoms with E-state index in [2.05, 4.69) is 54.6 Å². The summed E-state index contributed by atoms with van der Waals surface area (Å²) in [6.45, 7) is 1.84. The molecule has 2 fully saturated rings. The Hall–Kier alpha value is -2.61. The summed E-state index contributed by atoms with van der Waals surface area (Å²) in [5, 5.41) is 11.2. The fraction of sp³-hybridized carbons (Fsp3) is 0.381. The van der Waals surface area contributed by atoms with Gasteiger partial charge in [0.1, 0.15) is 5.54 Å². The summed E-state index contributed by atoms with van der Waals surface area (Å²) in [6.07, 6.45) is 12.0. The maximum atomic E-state index is 13.2.